The van der Waals surface area contributed by atoms with Crippen LogP contribution < -0.4 is 10.6 Å². The first-order chi connectivity index (χ1) is 13.7. The number of nitrogens with one attached hydrogen (secondary N) is 2. The Bertz CT molecular complexity index is 772. The number of carbonyl (C=O) groups is 2. The maximum absolute atomic E-state index is 12.3. The van der Waals surface area contributed by atoms with Crippen molar-refractivity contribution < 1.29 is 19.4 Å². The van der Waals surface area contributed by atoms with Gasteiger partial charge in [-0.3, -0.25) is 4.79 Å². The maximum Gasteiger partial charge on any atom is 0.407 e. The molecule has 0 aliphatic heterocycles. The Hall–Kier alpha value is -2.86. The summed E-state index contributed by atoms with van der Waals surface area (Å²) in [5.74, 6) is -0.926. The predicted molar refractivity (Wildman–Crippen MR) is 113 cm³/mol. The third kappa shape index (κ3) is 8.79. The molecule has 2 rings (SSSR count). The number of carboxylic acids is 1. The summed E-state index contributed by atoms with van der Waals surface area (Å²) in [5, 5.41) is 15.5. The molecule has 3 N–H and O–H groups in total. The molecule has 0 aliphatic carbocycles. The molecule has 29 heavy (non-hydrogen) atoms. The number of carboxylic acid groups (broad SMARTS) is 1. The van der Waals surface area contributed by atoms with Gasteiger partial charge >= 0.3 is 12.1 Å². The standard InChI is InChI=1S/C23H30N2O4/c1-23(2,3)29-22(28)25-19(14-17-10-6-4-7-11-17)16-24-20(21(26)27)15-18-12-8-5-9-13-18/h4-13,19-20,24H,14-16H2,1-3H3,(H,25,28)(H,26,27)/t19-,20-/m0/s1. The Morgan fingerprint density at radius 3 is 1.93 bits per heavy atom. The lowest BCUT2D eigenvalue weighted by atomic mass is 10.0. The zero-order valence-electron chi connectivity index (χ0n) is 17.2. The summed E-state index contributed by atoms with van der Waals surface area (Å²) >= 11 is 0. The van der Waals surface area contributed by atoms with E-state index in [-0.39, 0.29) is 6.04 Å². The van der Waals surface area contributed by atoms with Crippen LogP contribution in [0.3, 0.4) is 0 Å². The van der Waals surface area contributed by atoms with Crippen LogP contribution in [0.5, 0.6) is 0 Å². The van der Waals surface area contributed by atoms with Gasteiger partial charge in [0.2, 0.25) is 0 Å². The number of alkyl carbamates (subject to hydrolysis) is 1. The van der Waals surface area contributed by atoms with Crippen molar-refractivity contribution in [1.82, 2.24) is 10.6 Å². The van der Waals surface area contributed by atoms with Gasteiger partial charge in [-0.1, -0.05) is 60.7 Å². The topological polar surface area (TPSA) is 87.7 Å². The van der Waals surface area contributed by atoms with E-state index in [1.165, 1.54) is 0 Å². The van der Waals surface area contributed by atoms with E-state index in [4.69, 9.17) is 4.74 Å². The molecule has 6 heteroatoms. The number of hydrogen-bond donors (Lipinski definition) is 3. The monoisotopic (exact) mass is 398 g/mol. The van der Waals surface area contributed by atoms with Gasteiger partial charge in [-0.2, -0.15) is 0 Å². The summed E-state index contributed by atoms with van der Waals surface area (Å²) in [4.78, 5) is 24.0. The van der Waals surface area contributed by atoms with Gasteiger partial charge in [0.05, 0.1) is 0 Å². The van der Waals surface area contributed by atoms with Crippen LogP contribution in [0.15, 0.2) is 60.7 Å². The van der Waals surface area contributed by atoms with Crippen molar-refractivity contribution in [2.24, 2.45) is 0 Å². The third-order valence-corrected chi connectivity index (χ3v) is 4.24. The van der Waals surface area contributed by atoms with Crippen molar-refractivity contribution >= 4 is 12.1 Å². The lowest BCUT2D eigenvalue weighted by molar-refractivity contribution is -0.139. The van der Waals surface area contributed by atoms with Crippen molar-refractivity contribution in [1.29, 1.82) is 0 Å². The van der Waals surface area contributed by atoms with Crippen LogP contribution >= 0.6 is 0 Å². The molecule has 0 unspecified atom stereocenters. The zero-order chi connectivity index (χ0) is 21.3. The van der Waals surface area contributed by atoms with E-state index >= 15 is 0 Å². The maximum atomic E-state index is 12.3. The molecule has 0 radical (unpaired) electrons. The van der Waals surface area contributed by atoms with Gasteiger partial charge in [0.15, 0.2) is 0 Å². The number of benzene rings is 2. The van der Waals surface area contributed by atoms with Crippen molar-refractivity contribution in [2.75, 3.05) is 6.54 Å². The predicted octanol–water partition coefficient (Wildman–Crippen LogP) is 3.41. The quantitative estimate of drug-likeness (QED) is 0.603. The summed E-state index contributed by atoms with van der Waals surface area (Å²) in [6.45, 7) is 5.71. The molecule has 0 saturated heterocycles. The van der Waals surface area contributed by atoms with E-state index in [1.54, 1.807) is 20.8 Å². The smallest absolute Gasteiger partial charge is 0.407 e. The van der Waals surface area contributed by atoms with Crippen molar-refractivity contribution in [3.63, 3.8) is 0 Å². The van der Waals surface area contributed by atoms with Crippen LogP contribution in [-0.2, 0) is 22.4 Å². The summed E-state index contributed by atoms with van der Waals surface area (Å²) in [6.07, 6.45) is 0.404. The molecule has 156 valence electrons. The Morgan fingerprint density at radius 2 is 1.45 bits per heavy atom. The lowest BCUT2D eigenvalue weighted by Gasteiger charge is -2.25. The zero-order valence-corrected chi connectivity index (χ0v) is 17.2. The molecular formula is C23H30N2O4. The van der Waals surface area contributed by atoms with E-state index in [0.29, 0.717) is 19.4 Å². The second-order valence-electron chi connectivity index (χ2n) is 8.02. The first-order valence-corrected chi connectivity index (χ1v) is 9.76. The molecule has 0 bridgehead atoms. The number of amides is 1. The molecule has 2 aromatic rings. The third-order valence-electron chi connectivity index (χ3n) is 4.24. The number of ether oxygens (including phenoxy) is 1. The average Bonchev–Trinajstić information content (AvgIpc) is 2.64. The molecular weight excluding hydrogens is 368 g/mol. The summed E-state index contributed by atoms with van der Waals surface area (Å²) in [7, 11) is 0. The molecule has 0 heterocycles. The molecule has 1 amide bonds. The molecule has 2 aromatic carbocycles. The number of aliphatic carboxylic acids is 1. The molecule has 0 aliphatic rings. The van der Waals surface area contributed by atoms with Crippen LogP contribution in [0, 0.1) is 0 Å². The van der Waals surface area contributed by atoms with Crippen molar-refractivity contribution in [3.8, 4) is 0 Å². The van der Waals surface area contributed by atoms with Gasteiger partial charge in [-0.15, -0.1) is 0 Å². The Kier molecular flexibility index (Phi) is 8.21. The minimum atomic E-state index is -0.926. The van der Waals surface area contributed by atoms with Gasteiger partial charge in [-0.05, 0) is 44.7 Å². The highest BCUT2D eigenvalue weighted by atomic mass is 16.6. The highest BCUT2D eigenvalue weighted by molar-refractivity contribution is 5.74. The molecule has 2 atom stereocenters. The van der Waals surface area contributed by atoms with E-state index < -0.39 is 23.7 Å². The van der Waals surface area contributed by atoms with Crippen LogP contribution in [0.4, 0.5) is 4.79 Å². The van der Waals surface area contributed by atoms with E-state index in [9.17, 15) is 14.7 Å². The van der Waals surface area contributed by atoms with Crippen molar-refractivity contribution in [2.45, 2.75) is 51.3 Å². The van der Waals surface area contributed by atoms with Gasteiger partial charge in [-0.25, -0.2) is 4.79 Å². The largest absolute Gasteiger partial charge is 0.480 e. The minimum Gasteiger partial charge on any atom is -0.480 e. The molecule has 0 spiro atoms. The number of hydrogen-bond acceptors (Lipinski definition) is 4. The fourth-order valence-electron chi connectivity index (χ4n) is 2.93. The SMILES string of the molecule is CC(C)(C)OC(=O)N[C@H](CN[C@@H](Cc1ccccc1)C(=O)O)Cc1ccccc1. The Morgan fingerprint density at radius 1 is 0.931 bits per heavy atom. The fraction of sp³-hybridized carbons (Fsp3) is 0.391. The highest BCUT2D eigenvalue weighted by Gasteiger charge is 2.23. The summed E-state index contributed by atoms with van der Waals surface area (Å²) in [5.41, 5.74) is 1.38. The van der Waals surface area contributed by atoms with Crippen LogP contribution in [0.25, 0.3) is 0 Å². The molecule has 6 nitrogen and oxygen atoms in total. The van der Waals surface area contributed by atoms with Crippen LogP contribution in [0.2, 0.25) is 0 Å². The van der Waals surface area contributed by atoms with E-state index in [0.717, 1.165) is 11.1 Å². The lowest BCUT2D eigenvalue weighted by Crippen LogP contribution is -2.49. The summed E-state index contributed by atoms with van der Waals surface area (Å²) < 4.78 is 5.36. The Balaban J connectivity index is 2.04. The minimum absolute atomic E-state index is 0.304. The first kappa shape index (κ1) is 22.4. The Labute approximate surface area is 172 Å². The van der Waals surface area contributed by atoms with Gasteiger partial charge < -0.3 is 20.5 Å². The number of carbonyl (C=O) groups excluding carboxylic acids is 1. The van der Waals surface area contributed by atoms with Crippen LogP contribution in [-0.4, -0.2) is 41.4 Å². The second-order valence-corrected chi connectivity index (χ2v) is 8.02. The van der Waals surface area contributed by atoms with Crippen molar-refractivity contribution in [3.05, 3.63) is 71.8 Å². The number of rotatable bonds is 9. The second kappa shape index (κ2) is 10.6. The molecule has 0 aromatic heterocycles. The highest BCUT2D eigenvalue weighted by Crippen LogP contribution is 2.09. The summed E-state index contributed by atoms with van der Waals surface area (Å²) in [6, 6.07) is 18.1. The normalized spacial score (nSPS) is 13.3. The fourth-order valence-corrected chi connectivity index (χ4v) is 2.93. The van der Waals surface area contributed by atoms with E-state index in [1.807, 2.05) is 60.7 Å². The van der Waals surface area contributed by atoms with Gasteiger partial charge in [0.1, 0.15) is 11.6 Å². The van der Waals surface area contributed by atoms with E-state index in [2.05, 4.69) is 10.6 Å². The average molecular weight is 399 g/mol. The molecule has 0 fully saturated rings. The van der Waals surface area contributed by atoms with Gasteiger partial charge in [0, 0.05) is 12.6 Å². The first-order valence-electron chi connectivity index (χ1n) is 9.76. The molecule has 0 saturated carbocycles. The van der Waals surface area contributed by atoms with Gasteiger partial charge in [0.25, 0.3) is 0 Å². The van der Waals surface area contributed by atoms with Crippen LogP contribution in [0.1, 0.15) is 31.9 Å².